The SMILES string of the molecule is CCN1C[C@@H](COC)[C@]2(CCN(C(=O)/C=C/c3cccs3)C2)C1. The minimum atomic E-state index is 0.140. The lowest BCUT2D eigenvalue weighted by atomic mass is 9.77. The number of rotatable bonds is 5. The van der Waals surface area contributed by atoms with Gasteiger partial charge >= 0.3 is 0 Å². The first-order valence-corrected chi connectivity index (χ1v) is 9.26. The van der Waals surface area contributed by atoms with E-state index in [4.69, 9.17) is 4.74 Å². The van der Waals surface area contributed by atoms with Crippen LogP contribution in [0.15, 0.2) is 23.6 Å². The largest absolute Gasteiger partial charge is 0.384 e. The average Bonchev–Trinajstić information content (AvgIpc) is 3.28. The molecule has 2 fully saturated rings. The van der Waals surface area contributed by atoms with Crippen LogP contribution in [0.4, 0.5) is 0 Å². The molecule has 3 heterocycles. The van der Waals surface area contributed by atoms with E-state index >= 15 is 0 Å². The lowest BCUT2D eigenvalue weighted by molar-refractivity contribution is -0.125. The standard InChI is InChI=1S/C18H26N2O2S/c1-3-19-11-15(12-22-2)18(13-19)8-9-20(14-18)17(21)7-6-16-5-4-10-23-16/h4-7,10,15H,3,8-9,11-14H2,1-2H3/b7-6+/t15-,18+/m0/s1. The van der Waals surface area contributed by atoms with E-state index in [9.17, 15) is 4.79 Å². The Morgan fingerprint density at radius 2 is 2.39 bits per heavy atom. The van der Waals surface area contributed by atoms with Gasteiger partial charge in [-0.1, -0.05) is 13.0 Å². The molecule has 1 amide bonds. The van der Waals surface area contributed by atoms with Crippen LogP contribution in [0, 0.1) is 11.3 Å². The Kier molecular flexibility index (Phi) is 5.19. The maximum absolute atomic E-state index is 12.5. The third-order valence-electron chi connectivity index (χ3n) is 5.33. The van der Waals surface area contributed by atoms with E-state index in [0.717, 1.165) is 50.6 Å². The van der Waals surface area contributed by atoms with Crippen LogP contribution in [-0.2, 0) is 9.53 Å². The van der Waals surface area contributed by atoms with Crippen molar-refractivity contribution < 1.29 is 9.53 Å². The van der Waals surface area contributed by atoms with Crippen molar-refractivity contribution in [3.8, 4) is 0 Å². The van der Waals surface area contributed by atoms with Gasteiger partial charge in [0.25, 0.3) is 0 Å². The predicted octanol–water partition coefficient (Wildman–Crippen LogP) is 2.58. The summed E-state index contributed by atoms with van der Waals surface area (Å²) in [6.07, 6.45) is 4.75. The molecule has 1 aromatic heterocycles. The highest BCUT2D eigenvalue weighted by Gasteiger charge is 2.50. The van der Waals surface area contributed by atoms with Gasteiger partial charge < -0.3 is 14.5 Å². The Bertz CT molecular complexity index is 557. The molecule has 126 valence electrons. The van der Waals surface area contributed by atoms with Gasteiger partial charge in [-0.15, -0.1) is 11.3 Å². The zero-order valence-electron chi connectivity index (χ0n) is 14.0. The number of thiophene rings is 1. The summed E-state index contributed by atoms with van der Waals surface area (Å²) in [6.45, 7) is 8.01. The highest BCUT2D eigenvalue weighted by molar-refractivity contribution is 7.10. The van der Waals surface area contributed by atoms with Crippen LogP contribution in [0.1, 0.15) is 18.2 Å². The molecule has 0 radical (unpaired) electrons. The monoisotopic (exact) mass is 334 g/mol. The van der Waals surface area contributed by atoms with Gasteiger partial charge in [-0.05, 0) is 30.5 Å². The van der Waals surface area contributed by atoms with Gasteiger partial charge in [0.15, 0.2) is 0 Å². The summed E-state index contributed by atoms with van der Waals surface area (Å²) < 4.78 is 5.45. The van der Waals surface area contributed by atoms with Crippen molar-refractivity contribution in [2.75, 3.05) is 46.4 Å². The Labute approximate surface area is 142 Å². The number of likely N-dealkylation sites (tertiary alicyclic amines) is 2. The van der Waals surface area contributed by atoms with Gasteiger partial charge in [-0.3, -0.25) is 4.79 Å². The molecule has 1 aromatic rings. The van der Waals surface area contributed by atoms with E-state index in [1.807, 2.05) is 28.5 Å². The lowest BCUT2D eigenvalue weighted by Crippen LogP contribution is -2.37. The van der Waals surface area contributed by atoms with Crippen molar-refractivity contribution in [3.05, 3.63) is 28.5 Å². The molecule has 2 atom stereocenters. The molecule has 4 nitrogen and oxygen atoms in total. The molecule has 3 rings (SSSR count). The van der Waals surface area contributed by atoms with Crippen LogP contribution in [0.2, 0.25) is 0 Å². The number of hydrogen-bond acceptors (Lipinski definition) is 4. The van der Waals surface area contributed by atoms with Gasteiger partial charge in [-0.2, -0.15) is 0 Å². The van der Waals surface area contributed by atoms with E-state index < -0.39 is 0 Å². The lowest BCUT2D eigenvalue weighted by Gasteiger charge is -2.29. The Balaban J connectivity index is 1.65. The quantitative estimate of drug-likeness (QED) is 0.776. The second-order valence-corrected chi connectivity index (χ2v) is 7.68. The van der Waals surface area contributed by atoms with Gasteiger partial charge in [-0.25, -0.2) is 0 Å². The van der Waals surface area contributed by atoms with Crippen molar-refractivity contribution in [3.63, 3.8) is 0 Å². The Morgan fingerprint density at radius 3 is 3.09 bits per heavy atom. The first-order chi connectivity index (χ1) is 11.2. The smallest absolute Gasteiger partial charge is 0.246 e. The molecule has 23 heavy (non-hydrogen) atoms. The summed E-state index contributed by atoms with van der Waals surface area (Å²) in [5, 5.41) is 2.03. The van der Waals surface area contributed by atoms with Gasteiger partial charge in [0.2, 0.25) is 5.91 Å². The van der Waals surface area contributed by atoms with E-state index in [-0.39, 0.29) is 11.3 Å². The first kappa shape index (κ1) is 16.7. The highest BCUT2D eigenvalue weighted by Crippen LogP contribution is 2.43. The number of carbonyl (C=O) groups is 1. The molecule has 0 bridgehead atoms. The maximum Gasteiger partial charge on any atom is 0.246 e. The fourth-order valence-corrected chi connectivity index (χ4v) is 4.63. The zero-order valence-corrected chi connectivity index (χ0v) is 14.8. The molecule has 2 aliphatic heterocycles. The third kappa shape index (κ3) is 3.52. The Hall–Kier alpha value is -1.17. The van der Waals surface area contributed by atoms with Crippen LogP contribution < -0.4 is 0 Å². The third-order valence-corrected chi connectivity index (χ3v) is 6.17. The topological polar surface area (TPSA) is 32.8 Å². The van der Waals surface area contributed by atoms with E-state index in [2.05, 4.69) is 11.8 Å². The van der Waals surface area contributed by atoms with Gasteiger partial charge in [0.1, 0.15) is 0 Å². The molecular weight excluding hydrogens is 308 g/mol. The number of nitrogens with zero attached hydrogens (tertiary/aromatic N) is 2. The summed E-state index contributed by atoms with van der Waals surface area (Å²) >= 11 is 1.66. The number of hydrogen-bond donors (Lipinski definition) is 0. The summed E-state index contributed by atoms with van der Waals surface area (Å²) in [5.41, 5.74) is 0.221. The van der Waals surface area contributed by atoms with Crippen molar-refractivity contribution in [2.24, 2.45) is 11.3 Å². The van der Waals surface area contributed by atoms with Crippen LogP contribution in [-0.4, -0.2) is 62.1 Å². The molecule has 0 aliphatic carbocycles. The number of amides is 1. The number of methoxy groups -OCH3 is 1. The van der Waals surface area contributed by atoms with Crippen molar-refractivity contribution in [2.45, 2.75) is 13.3 Å². The van der Waals surface area contributed by atoms with Crippen LogP contribution in [0.3, 0.4) is 0 Å². The predicted molar refractivity (Wildman–Crippen MR) is 94.5 cm³/mol. The molecule has 0 N–H and O–H groups in total. The van der Waals surface area contributed by atoms with Gasteiger partial charge in [0.05, 0.1) is 6.61 Å². The molecule has 2 aliphatic rings. The molecular formula is C18H26N2O2S. The summed E-state index contributed by atoms with van der Waals surface area (Å²) in [5.74, 6) is 0.674. The number of ether oxygens (including phenoxy) is 1. The summed E-state index contributed by atoms with van der Waals surface area (Å²) in [6, 6.07) is 4.04. The fraction of sp³-hybridized carbons (Fsp3) is 0.611. The maximum atomic E-state index is 12.5. The second kappa shape index (κ2) is 7.16. The van der Waals surface area contributed by atoms with E-state index in [0.29, 0.717) is 5.92 Å². The minimum absolute atomic E-state index is 0.140. The fourth-order valence-electron chi connectivity index (χ4n) is 4.01. The van der Waals surface area contributed by atoms with Crippen LogP contribution in [0.5, 0.6) is 0 Å². The van der Waals surface area contributed by atoms with E-state index in [1.165, 1.54) is 0 Å². The number of carbonyl (C=O) groups excluding carboxylic acids is 1. The first-order valence-electron chi connectivity index (χ1n) is 8.38. The van der Waals surface area contributed by atoms with Crippen molar-refractivity contribution in [1.82, 2.24) is 9.80 Å². The highest BCUT2D eigenvalue weighted by atomic mass is 32.1. The summed E-state index contributed by atoms with van der Waals surface area (Å²) in [7, 11) is 1.78. The molecule has 2 saturated heterocycles. The molecule has 5 heteroatoms. The van der Waals surface area contributed by atoms with Crippen molar-refractivity contribution >= 4 is 23.3 Å². The zero-order chi connectivity index (χ0) is 16.3. The minimum Gasteiger partial charge on any atom is -0.384 e. The molecule has 0 saturated carbocycles. The van der Waals surface area contributed by atoms with Crippen LogP contribution in [0.25, 0.3) is 6.08 Å². The van der Waals surface area contributed by atoms with E-state index in [1.54, 1.807) is 24.5 Å². The average molecular weight is 334 g/mol. The molecule has 1 spiro atoms. The second-order valence-electron chi connectivity index (χ2n) is 6.70. The van der Waals surface area contributed by atoms with Gasteiger partial charge in [0, 0.05) is 55.6 Å². The van der Waals surface area contributed by atoms with Crippen molar-refractivity contribution in [1.29, 1.82) is 0 Å². The summed E-state index contributed by atoms with van der Waals surface area (Å²) in [4.78, 5) is 18.1. The normalized spacial score (nSPS) is 28.4. The van der Waals surface area contributed by atoms with Crippen LogP contribution >= 0.6 is 11.3 Å². The Morgan fingerprint density at radius 1 is 1.52 bits per heavy atom. The molecule has 0 unspecified atom stereocenters. The molecule has 0 aromatic carbocycles.